The van der Waals surface area contributed by atoms with Gasteiger partial charge in [-0.05, 0) is 26.0 Å². The molecule has 1 radical (unpaired) electrons. The number of amidine groups is 2. The van der Waals surface area contributed by atoms with Crippen molar-refractivity contribution in [3.63, 3.8) is 0 Å². The van der Waals surface area contributed by atoms with Crippen LogP contribution in [0.5, 0.6) is 0 Å². The van der Waals surface area contributed by atoms with E-state index in [0.29, 0.717) is 24.8 Å². The Labute approximate surface area is 146 Å². The molecule has 0 spiro atoms. The Hall–Kier alpha value is -1.08. The van der Waals surface area contributed by atoms with Gasteiger partial charge in [0.25, 0.3) is 0 Å². The number of hydrogen-bond acceptors (Lipinski definition) is 5. The van der Waals surface area contributed by atoms with E-state index in [4.69, 9.17) is 0 Å². The molecule has 0 N–H and O–H groups in total. The Kier molecular flexibility index (Phi) is 7.95. The molecule has 1 aromatic heterocycles. The van der Waals surface area contributed by atoms with Crippen LogP contribution >= 0.6 is 0 Å². The van der Waals surface area contributed by atoms with Gasteiger partial charge in [0.1, 0.15) is 11.4 Å². The molecule has 0 aliphatic carbocycles. The molecule has 3 heterocycles. The molecule has 8 heteroatoms. The quantitative estimate of drug-likeness (QED) is 0.519. The summed E-state index contributed by atoms with van der Waals surface area (Å²) in [5.41, 5.74) is 3.60. The van der Waals surface area contributed by atoms with Gasteiger partial charge in [-0.1, -0.05) is 6.07 Å². The van der Waals surface area contributed by atoms with Crippen molar-refractivity contribution in [2.75, 3.05) is 13.1 Å². The van der Waals surface area contributed by atoms with Crippen LogP contribution in [-0.2, 0) is 16.8 Å². The van der Waals surface area contributed by atoms with Crippen molar-refractivity contribution in [3.8, 4) is 0 Å². The Balaban J connectivity index is 0.00000133. The van der Waals surface area contributed by atoms with Crippen molar-refractivity contribution in [1.29, 1.82) is 0 Å². The maximum absolute atomic E-state index is 4.53. The average molecular weight is 369 g/mol. The van der Waals surface area contributed by atoms with E-state index in [2.05, 4.69) is 25.0 Å². The van der Waals surface area contributed by atoms with E-state index in [-0.39, 0.29) is 41.6 Å². The van der Waals surface area contributed by atoms with Crippen LogP contribution in [0.2, 0.25) is 0 Å². The van der Waals surface area contributed by atoms with Crippen LogP contribution in [0.1, 0.15) is 25.2 Å². The van der Waals surface area contributed by atoms with Crippen LogP contribution in [0.25, 0.3) is 0 Å². The van der Waals surface area contributed by atoms with E-state index >= 15 is 0 Å². The van der Waals surface area contributed by atoms with Gasteiger partial charge in [-0.3, -0.25) is 9.98 Å². The van der Waals surface area contributed by atoms with Crippen LogP contribution in [-0.4, -0.2) is 41.2 Å². The third-order valence-electron chi connectivity index (χ3n) is 2.72. The third-order valence-corrected chi connectivity index (χ3v) is 2.72. The molecule has 0 amide bonds. The summed E-state index contributed by atoms with van der Waals surface area (Å²) in [7, 11) is 0. The van der Waals surface area contributed by atoms with E-state index in [1.807, 2.05) is 32.0 Å². The van der Waals surface area contributed by atoms with Gasteiger partial charge in [0.15, 0.2) is 11.7 Å². The summed E-state index contributed by atoms with van der Waals surface area (Å²) >= 11 is 0. The Morgan fingerprint density at radius 2 is 1.24 bits per heavy atom. The second kappa shape index (κ2) is 8.38. The monoisotopic (exact) mass is 368 g/mol. The number of rotatable bonds is 2. The SMILES string of the molecule is CC1=NC(c2cccc(C3=NCC(C)=N3)n2)=NC1.[Cl-].[Cl-].[Co+2]. The largest absolute Gasteiger partial charge is 2.00 e. The molecular weight excluding hydrogens is 356 g/mol. The van der Waals surface area contributed by atoms with Crippen LogP contribution in [0.4, 0.5) is 0 Å². The normalized spacial score (nSPS) is 15.7. The van der Waals surface area contributed by atoms with Crippen LogP contribution < -0.4 is 24.8 Å². The van der Waals surface area contributed by atoms with Gasteiger partial charge in [-0.2, -0.15) is 0 Å². The molecule has 2 aliphatic heterocycles. The Morgan fingerprint density at radius 1 is 0.810 bits per heavy atom. The zero-order chi connectivity index (χ0) is 12.5. The summed E-state index contributed by atoms with van der Waals surface area (Å²) in [5.74, 6) is 1.40. The third kappa shape index (κ3) is 4.44. The molecule has 0 aromatic carbocycles. The molecule has 0 bridgehead atoms. The summed E-state index contributed by atoms with van der Waals surface area (Å²) in [5, 5.41) is 0. The molecule has 0 atom stereocenters. The molecule has 0 fully saturated rings. The fourth-order valence-electron chi connectivity index (χ4n) is 1.84. The summed E-state index contributed by atoms with van der Waals surface area (Å²) < 4.78 is 0. The maximum Gasteiger partial charge on any atom is 2.00 e. The number of hydrogen-bond donors (Lipinski definition) is 0. The fraction of sp³-hybridized carbons (Fsp3) is 0.308. The molecule has 5 nitrogen and oxygen atoms in total. The van der Waals surface area contributed by atoms with Gasteiger partial charge in [0.05, 0.1) is 13.1 Å². The van der Waals surface area contributed by atoms with Gasteiger partial charge < -0.3 is 24.8 Å². The summed E-state index contributed by atoms with van der Waals surface area (Å²) in [6.07, 6.45) is 0. The summed E-state index contributed by atoms with van der Waals surface area (Å²) in [6.45, 7) is 5.27. The minimum Gasteiger partial charge on any atom is -1.00 e. The number of nitrogens with zero attached hydrogens (tertiary/aromatic N) is 5. The van der Waals surface area contributed by atoms with Crippen molar-refractivity contribution in [2.45, 2.75) is 13.8 Å². The molecule has 0 saturated heterocycles. The van der Waals surface area contributed by atoms with Crippen molar-refractivity contribution in [1.82, 2.24) is 4.98 Å². The second-order valence-corrected chi connectivity index (χ2v) is 4.38. The standard InChI is InChI=1S/C13H13N5.2ClH.Co/c1-8-6-14-12(16-8)10-4-3-5-11(18-10)13-15-7-9(2)17-13;;;/h3-5H,6-7H2,1-2H3;2*1H;/q;;;+2/p-2. The first-order valence-electron chi connectivity index (χ1n) is 5.87. The van der Waals surface area contributed by atoms with Crippen molar-refractivity contribution in [3.05, 3.63) is 29.6 Å². The summed E-state index contributed by atoms with van der Waals surface area (Å²) in [6, 6.07) is 5.77. The molecule has 2 aliphatic rings. The number of halogens is 2. The van der Waals surface area contributed by atoms with E-state index in [9.17, 15) is 0 Å². The molecule has 1 aromatic rings. The molecule has 0 saturated carbocycles. The zero-order valence-corrected chi connectivity index (χ0v) is 14.0. The van der Waals surface area contributed by atoms with Gasteiger partial charge in [0.2, 0.25) is 0 Å². The first-order chi connectivity index (χ1) is 8.72. The van der Waals surface area contributed by atoms with Gasteiger partial charge in [0, 0.05) is 11.4 Å². The van der Waals surface area contributed by atoms with Crippen molar-refractivity contribution < 1.29 is 41.6 Å². The number of aromatic nitrogens is 1. The van der Waals surface area contributed by atoms with Crippen LogP contribution in [0, 0.1) is 0 Å². The molecule has 113 valence electrons. The Morgan fingerprint density at radius 3 is 1.57 bits per heavy atom. The molecular formula is C13H13Cl2CoN5. The van der Waals surface area contributed by atoms with Gasteiger partial charge in [-0.15, -0.1) is 0 Å². The van der Waals surface area contributed by atoms with E-state index < -0.39 is 0 Å². The minimum atomic E-state index is 0. The second-order valence-electron chi connectivity index (χ2n) is 4.38. The summed E-state index contributed by atoms with van der Waals surface area (Å²) in [4.78, 5) is 22.0. The molecule has 0 unspecified atom stereocenters. The first kappa shape index (κ1) is 19.9. The predicted molar refractivity (Wildman–Crippen MR) is 73.3 cm³/mol. The smallest absolute Gasteiger partial charge is 1.00 e. The predicted octanol–water partition coefficient (Wildman–Crippen LogP) is -4.47. The van der Waals surface area contributed by atoms with Crippen molar-refractivity contribution >= 4 is 23.1 Å². The Bertz CT molecular complexity index is 586. The van der Waals surface area contributed by atoms with Gasteiger partial charge >= 0.3 is 16.8 Å². The van der Waals surface area contributed by atoms with E-state index in [1.54, 1.807) is 0 Å². The molecule has 3 rings (SSSR count). The van der Waals surface area contributed by atoms with Crippen LogP contribution in [0.3, 0.4) is 0 Å². The van der Waals surface area contributed by atoms with E-state index in [0.717, 1.165) is 22.8 Å². The number of pyridine rings is 1. The molecule has 21 heavy (non-hydrogen) atoms. The minimum absolute atomic E-state index is 0. The average Bonchev–Trinajstić information content (AvgIpc) is 2.98. The van der Waals surface area contributed by atoms with E-state index in [1.165, 1.54) is 0 Å². The number of aliphatic imine (C=N–C) groups is 4. The maximum atomic E-state index is 4.53. The fourth-order valence-corrected chi connectivity index (χ4v) is 1.84. The zero-order valence-electron chi connectivity index (χ0n) is 11.5. The van der Waals surface area contributed by atoms with Crippen LogP contribution in [0.15, 0.2) is 38.2 Å². The first-order valence-corrected chi connectivity index (χ1v) is 5.87. The van der Waals surface area contributed by atoms with Crippen molar-refractivity contribution in [2.24, 2.45) is 20.0 Å². The van der Waals surface area contributed by atoms with Gasteiger partial charge in [-0.25, -0.2) is 15.0 Å². The topological polar surface area (TPSA) is 62.3 Å².